The van der Waals surface area contributed by atoms with E-state index in [2.05, 4.69) is 0 Å². The van der Waals surface area contributed by atoms with E-state index in [4.69, 9.17) is 4.74 Å². The van der Waals surface area contributed by atoms with Gasteiger partial charge in [-0.25, -0.2) is 0 Å². The van der Waals surface area contributed by atoms with Gasteiger partial charge in [-0.2, -0.15) is 0 Å². The van der Waals surface area contributed by atoms with Gasteiger partial charge in [-0.05, 0) is 19.8 Å². The standard InChI is InChI=1S/C6H13FO/c1-6(8-2)4-3-5-7/h6H,3-5H2,1-2H3. The number of hydrogen-bond donors (Lipinski definition) is 0. The lowest BCUT2D eigenvalue weighted by Gasteiger charge is -2.05. The Balaban J connectivity index is 2.86. The normalized spacial score (nSPS) is 13.9. The molecule has 0 bridgehead atoms. The van der Waals surface area contributed by atoms with E-state index in [0.29, 0.717) is 6.42 Å². The van der Waals surface area contributed by atoms with Crippen LogP contribution in [0.4, 0.5) is 4.39 Å². The fourth-order valence-electron chi connectivity index (χ4n) is 0.482. The largest absolute Gasteiger partial charge is 0.382 e. The van der Waals surface area contributed by atoms with Crippen LogP contribution >= 0.6 is 0 Å². The molecular weight excluding hydrogens is 107 g/mol. The average molecular weight is 120 g/mol. The van der Waals surface area contributed by atoms with Crippen molar-refractivity contribution in [3.05, 3.63) is 0 Å². The topological polar surface area (TPSA) is 9.23 Å². The first kappa shape index (κ1) is 7.89. The van der Waals surface area contributed by atoms with Gasteiger partial charge in [0.1, 0.15) is 0 Å². The Hall–Kier alpha value is -0.110. The van der Waals surface area contributed by atoms with E-state index >= 15 is 0 Å². The van der Waals surface area contributed by atoms with E-state index in [9.17, 15) is 4.39 Å². The van der Waals surface area contributed by atoms with Gasteiger partial charge < -0.3 is 4.74 Å². The van der Waals surface area contributed by atoms with Crippen molar-refractivity contribution in [1.82, 2.24) is 0 Å². The first-order valence-corrected chi connectivity index (χ1v) is 2.90. The Morgan fingerprint density at radius 2 is 2.25 bits per heavy atom. The van der Waals surface area contributed by atoms with Gasteiger partial charge in [0, 0.05) is 7.11 Å². The van der Waals surface area contributed by atoms with Gasteiger partial charge in [0.15, 0.2) is 0 Å². The first-order valence-electron chi connectivity index (χ1n) is 2.90. The number of rotatable bonds is 4. The Labute approximate surface area is 49.8 Å². The molecule has 0 spiro atoms. The number of alkyl halides is 1. The number of methoxy groups -OCH3 is 1. The summed E-state index contributed by atoms with van der Waals surface area (Å²) in [7, 11) is 1.64. The van der Waals surface area contributed by atoms with Gasteiger partial charge in [0.25, 0.3) is 0 Å². The zero-order valence-electron chi connectivity index (χ0n) is 5.48. The van der Waals surface area contributed by atoms with Crippen LogP contribution in [-0.2, 0) is 4.74 Å². The minimum Gasteiger partial charge on any atom is -0.382 e. The zero-order chi connectivity index (χ0) is 6.41. The smallest absolute Gasteiger partial charge is 0.0895 e. The number of halogens is 1. The third kappa shape index (κ3) is 4.06. The monoisotopic (exact) mass is 120 g/mol. The van der Waals surface area contributed by atoms with Gasteiger partial charge in [-0.3, -0.25) is 4.39 Å². The lowest BCUT2D eigenvalue weighted by molar-refractivity contribution is 0.107. The molecule has 0 aliphatic rings. The van der Waals surface area contributed by atoms with E-state index in [0.717, 1.165) is 6.42 Å². The predicted octanol–water partition coefficient (Wildman–Crippen LogP) is 1.77. The Morgan fingerprint density at radius 1 is 1.62 bits per heavy atom. The van der Waals surface area contributed by atoms with E-state index in [-0.39, 0.29) is 12.8 Å². The van der Waals surface area contributed by atoms with Crippen LogP contribution in [0.2, 0.25) is 0 Å². The summed E-state index contributed by atoms with van der Waals surface area (Å²) >= 11 is 0. The van der Waals surface area contributed by atoms with Crippen molar-refractivity contribution in [3.63, 3.8) is 0 Å². The highest BCUT2D eigenvalue weighted by atomic mass is 19.1. The highest BCUT2D eigenvalue weighted by Crippen LogP contribution is 1.98. The van der Waals surface area contributed by atoms with E-state index in [1.807, 2.05) is 6.92 Å². The first-order chi connectivity index (χ1) is 3.81. The quantitative estimate of drug-likeness (QED) is 0.549. The maximum absolute atomic E-state index is 11.4. The fourth-order valence-corrected chi connectivity index (χ4v) is 0.482. The molecule has 1 atom stereocenters. The van der Waals surface area contributed by atoms with Crippen LogP contribution in [0.25, 0.3) is 0 Å². The van der Waals surface area contributed by atoms with Crippen molar-refractivity contribution in [3.8, 4) is 0 Å². The molecule has 0 radical (unpaired) electrons. The number of ether oxygens (including phenoxy) is 1. The SMILES string of the molecule is COC(C)CCCF. The number of hydrogen-bond acceptors (Lipinski definition) is 1. The second-order valence-electron chi connectivity index (χ2n) is 1.88. The van der Waals surface area contributed by atoms with Crippen molar-refractivity contribution in [1.29, 1.82) is 0 Å². The second kappa shape index (κ2) is 5.04. The molecule has 2 heteroatoms. The summed E-state index contributed by atoms with van der Waals surface area (Å²) in [6, 6.07) is 0. The van der Waals surface area contributed by atoms with Gasteiger partial charge >= 0.3 is 0 Å². The third-order valence-corrected chi connectivity index (χ3v) is 1.15. The fraction of sp³-hybridized carbons (Fsp3) is 1.00. The van der Waals surface area contributed by atoms with Crippen molar-refractivity contribution in [2.75, 3.05) is 13.8 Å². The van der Waals surface area contributed by atoms with Gasteiger partial charge in [-0.1, -0.05) is 0 Å². The molecule has 0 rings (SSSR count). The van der Waals surface area contributed by atoms with Crippen molar-refractivity contribution >= 4 is 0 Å². The molecule has 0 aliphatic carbocycles. The lowest BCUT2D eigenvalue weighted by Crippen LogP contribution is -2.03. The van der Waals surface area contributed by atoms with Crippen molar-refractivity contribution < 1.29 is 9.13 Å². The molecule has 0 aromatic heterocycles. The molecule has 0 aliphatic heterocycles. The summed E-state index contributed by atoms with van der Waals surface area (Å²) in [6.07, 6.45) is 1.66. The molecule has 0 amide bonds. The van der Waals surface area contributed by atoms with E-state index in [1.54, 1.807) is 7.11 Å². The van der Waals surface area contributed by atoms with Crippen LogP contribution in [0.3, 0.4) is 0 Å². The Kier molecular flexibility index (Phi) is 4.97. The Morgan fingerprint density at radius 3 is 2.62 bits per heavy atom. The summed E-state index contributed by atoms with van der Waals surface area (Å²) in [5.74, 6) is 0. The van der Waals surface area contributed by atoms with Crippen LogP contribution in [0.5, 0.6) is 0 Å². The van der Waals surface area contributed by atoms with E-state index < -0.39 is 0 Å². The third-order valence-electron chi connectivity index (χ3n) is 1.15. The van der Waals surface area contributed by atoms with Crippen LogP contribution in [0.1, 0.15) is 19.8 Å². The lowest BCUT2D eigenvalue weighted by atomic mass is 10.2. The highest BCUT2D eigenvalue weighted by molar-refractivity contribution is 4.47. The Bertz CT molecular complexity index is 47.8. The summed E-state index contributed by atoms with van der Waals surface area (Å²) in [5.41, 5.74) is 0. The molecule has 0 fully saturated rings. The summed E-state index contributed by atoms with van der Waals surface area (Å²) in [6.45, 7) is 1.71. The van der Waals surface area contributed by atoms with Crippen molar-refractivity contribution in [2.45, 2.75) is 25.9 Å². The zero-order valence-corrected chi connectivity index (χ0v) is 5.48. The molecule has 1 nitrogen and oxygen atoms in total. The van der Waals surface area contributed by atoms with Crippen LogP contribution < -0.4 is 0 Å². The van der Waals surface area contributed by atoms with Crippen LogP contribution in [-0.4, -0.2) is 19.9 Å². The highest BCUT2D eigenvalue weighted by Gasteiger charge is 1.96. The molecule has 0 N–H and O–H groups in total. The summed E-state index contributed by atoms with van der Waals surface area (Å²) in [5, 5.41) is 0. The molecule has 0 saturated heterocycles. The molecular formula is C6H13FO. The van der Waals surface area contributed by atoms with Crippen molar-refractivity contribution in [2.24, 2.45) is 0 Å². The molecule has 50 valence electrons. The van der Waals surface area contributed by atoms with Gasteiger partial charge in [-0.15, -0.1) is 0 Å². The molecule has 1 unspecified atom stereocenters. The molecule has 0 heterocycles. The van der Waals surface area contributed by atoms with Gasteiger partial charge in [0.2, 0.25) is 0 Å². The maximum atomic E-state index is 11.4. The van der Waals surface area contributed by atoms with Crippen LogP contribution in [0.15, 0.2) is 0 Å². The van der Waals surface area contributed by atoms with E-state index in [1.165, 1.54) is 0 Å². The molecule has 0 saturated carbocycles. The summed E-state index contributed by atoms with van der Waals surface area (Å²) < 4.78 is 16.3. The summed E-state index contributed by atoms with van der Waals surface area (Å²) in [4.78, 5) is 0. The molecule has 0 aromatic carbocycles. The molecule has 8 heavy (non-hydrogen) atoms. The molecule has 0 aromatic rings. The minimum atomic E-state index is -0.228. The van der Waals surface area contributed by atoms with Crippen LogP contribution in [0, 0.1) is 0 Å². The predicted molar refractivity (Wildman–Crippen MR) is 31.7 cm³/mol. The maximum Gasteiger partial charge on any atom is 0.0895 e. The minimum absolute atomic E-state index is 0.214. The second-order valence-corrected chi connectivity index (χ2v) is 1.88. The average Bonchev–Trinajstić information content (AvgIpc) is 1.83. The van der Waals surface area contributed by atoms with Gasteiger partial charge in [0.05, 0.1) is 12.8 Å².